The summed E-state index contributed by atoms with van der Waals surface area (Å²) in [6, 6.07) is 9.72. The highest BCUT2D eigenvalue weighted by Crippen LogP contribution is 2.30. The zero-order chi connectivity index (χ0) is 24.9. The Hall–Kier alpha value is -2.80. The quantitative estimate of drug-likeness (QED) is 0.590. The predicted molar refractivity (Wildman–Crippen MR) is 133 cm³/mol. The van der Waals surface area contributed by atoms with Crippen molar-refractivity contribution in [3.8, 4) is 5.75 Å². The van der Waals surface area contributed by atoms with Crippen LogP contribution in [0.15, 0.2) is 34.7 Å². The number of carbonyl (C=O) groups is 2. The van der Waals surface area contributed by atoms with Crippen LogP contribution in [0.1, 0.15) is 74.9 Å². The number of primary amides is 1. The van der Waals surface area contributed by atoms with Gasteiger partial charge in [-0.1, -0.05) is 32.9 Å². The number of piperidine rings is 1. The van der Waals surface area contributed by atoms with Gasteiger partial charge in [-0.15, -0.1) is 0 Å². The monoisotopic (exact) mass is 469 g/mol. The molecule has 2 aromatic rings. The maximum Gasteiger partial charge on any atom is 0.284 e. The first-order chi connectivity index (χ1) is 16.1. The molecule has 1 unspecified atom stereocenters. The molecule has 2 heterocycles. The van der Waals surface area contributed by atoms with E-state index in [4.69, 9.17) is 14.9 Å². The van der Waals surface area contributed by atoms with Crippen LogP contribution < -0.4 is 10.5 Å². The maximum absolute atomic E-state index is 12.8. The molecule has 0 spiro atoms. The van der Waals surface area contributed by atoms with Gasteiger partial charge in [-0.3, -0.25) is 14.5 Å². The molecule has 186 valence electrons. The van der Waals surface area contributed by atoms with Crippen molar-refractivity contribution >= 4 is 11.8 Å². The number of benzene rings is 1. The Morgan fingerprint density at radius 1 is 1.21 bits per heavy atom. The molecular formula is C27H39N3O4. The molecular weight excluding hydrogens is 430 g/mol. The van der Waals surface area contributed by atoms with Gasteiger partial charge in [-0.05, 0) is 57.0 Å². The summed E-state index contributed by atoms with van der Waals surface area (Å²) < 4.78 is 11.8. The van der Waals surface area contributed by atoms with Crippen molar-refractivity contribution < 1.29 is 18.7 Å². The molecule has 3 rings (SSSR count). The number of furan rings is 1. The van der Waals surface area contributed by atoms with E-state index in [-0.39, 0.29) is 29.6 Å². The number of ether oxygens (including phenoxy) is 1. The van der Waals surface area contributed by atoms with Crippen molar-refractivity contribution in [3.05, 3.63) is 53.0 Å². The molecule has 0 saturated carbocycles. The first kappa shape index (κ1) is 25.8. The number of likely N-dealkylation sites (tertiary alicyclic amines) is 1. The summed E-state index contributed by atoms with van der Waals surface area (Å²) in [6.07, 6.45) is 2.00. The van der Waals surface area contributed by atoms with Gasteiger partial charge >= 0.3 is 0 Å². The first-order valence-corrected chi connectivity index (χ1v) is 12.3. The van der Waals surface area contributed by atoms with Gasteiger partial charge in [-0.25, -0.2) is 0 Å². The predicted octanol–water partition coefficient (Wildman–Crippen LogP) is 4.34. The van der Waals surface area contributed by atoms with Crippen molar-refractivity contribution in [3.63, 3.8) is 0 Å². The summed E-state index contributed by atoms with van der Waals surface area (Å²) in [7, 11) is 0. The third kappa shape index (κ3) is 6.41. The molecule has 0 radical (unpaired) electrons. The van der Waals surface area contributed by atoms with Crippen molar-refractivity contribution in [1.29, 1.82) is 0 Å². The van der Waals surface area contributed by atoms with E-state index in [0.29, 0.717) is 5.76 Å². The molecule has 7 nitrogen and oxygen atoms in total. The van der Waals surface area contributed by atoms with Crippen LogP contribution in [0.3, 0.4) is 0 Å². The van der Waals surface area contributed by atoms with E-state index < -0.39 is 5.91 Å². The lowest BCUT2D eigenvalue weighted by Gasteiger charge is -2.34. The van der Waals surface area contributed by atoms with Crippen LogP contribution in [0.5, 0.6) is 5.75 Å². The second-order valence-corrected chi connectivity index (χ2v) is 10.1. The Bertz CT molecular complexity index is 988. The van der Waals surface area contributed by atoms with E-state index >= 15 is 0 Å². The maximum atomic E-state index is 12.8. The number of amides is 2. The minimum absolute atomic E-state index is 0.0736. The van der Waals surface area contributed by atoms with Gasteiger partial charge in [0.05, 0.1) is 5.92 Å². The lowest BCUT2D eigenvalue weighted by molar-refractivity contribution is -0.137. The molecule has 2 amide bonds. The molecule has 0 bridgehead atoms. The van der Waals surface area contributed by atoms with Crippen molar-refractivity contribution in [2.24, 2.45) is 11.7 Å². The molecule has 1 fully saturated rings. The second kappa shape index (κ2) is 11.1. The summed E-state index contributed by atoms with van der Waals surface area (Å²) in [5, 5.41) is 0. The summed E-state index contributed by atoms with van der Waals surface area (Å²) >= 11 is 0. The van der Waals surface area contributed by atoms with Gasteiger partial charge < -0.3 is 19.8 Å². The summed E-state index contributed by atoms with van der Waals surface area (Å²) in [5.74, 6) is 1.37. The van der Waals surface area contributed by atoms with Crippen LogP contribution in [0.4, 0.5) is 0 Å². The highest BCUT2D eigenvalue weighted by molar-refractivity contribution is 5.90. The zero-order valence-electron chi connectivity index (χ0n) is 21.2. The average molecular weight is 470 g/mol. The normalized spacial score (nSPS) is 16.9. The zero-order valence-corrected chi connectivity index (χ0v) is 21.2. The van der Waals surface area contributed by atoms with Crippen LogP contribution in [0.2, 0.25) is 0 Å². The average Bonchev–Trinajstić information content (AvgIpc) is 3.24. The van der Waals surface area contributed by atoms with Crippen LogP contribution >= 0.6 is 0 Å². The van der Waals surface area contributed by atoms with Gasteiger partial charge in [0.1, 0.15) is 18.1 Å². The minimum Gasteiger partial charge on any atom is -0.489 e. The number of carbonyl (C=O) groups excluding carboxylic acids is 2. The fourth-order valence-corrected chi connectivity index (χ4v) is 4.64. The van der Waals surface area contributed by atoms with E-state index in [1.807, 2.05) is 57.7 Å². The Kier molecular flexibility index (Phi) is 8.42. The van der Waals surface area contributed by atoms with Crippen LogP contribution in [0, 0.1) is 5.92 Å². The molecule has 1 saturated heterocycles. The van der Waals surface area contributed by atoms with Crippen molar-refractivity contribution in [2.45, 2.75) is 66.0 Å². The van der Waals surface area contributed by atoms with E-state index in [1.165, 1.54) is 0 Å². The lowest BCUT2D eigenvalue weighted by Crippen LogP contribution is -2.44. The molecule has 7 heteroatoms. The second-order valence-electron chi connectivity index (χ2n) is 10.1. The largest absolute Gasteiger partial charge is 0.489 e. The third-order valence-electron chi connectivity index (χ3n) is 6.36. The molecule has 0 aliphatic carbocycles. The van der Waals surface area contributed by atoms with Gasteiger partial charge in [0.15, 0.2) is 5.76 Å². The molecule has 1 aromatic carbocycles. The number of hydrogen-bond donors (Lipinski definition) is 1. The summed E-state index contributed by atoms with van der Waals surface area (Å²) in [6.45, 7) is 14.5. The molecule has 2 N–H and O–H groups in total. The number of rotatable bonds is 9. The minimum atomic E-state index is -0.585. The van der Waals surface area contributed by atoms with Gasteiger partial charge in [-0.2, -0.15) is 0 Å². The summed E-state index contributed by atoms with van der Waals surface area (Å²) in [4.78, 5) is 28.7. The Morgan fingerprint density at radius 3 is 2.59 bits per heavy atom. The van der Waals surface area contributed by atoms with E-state index in [2.05, 4.69) is 11.0 Å². The smallest absolute Gasteiger partial charge is 0.284 e. The topological polar surface area (TPSA) is 89.0 Å². The highest BCUT2D eigenvalue weighted by Gasteiger charge is 2.28. The number of nitrogens with zero attached hydrogens (tertiary/aromatic N) is 2. The number of nitrogens with two attached hydrogens (primary N) is 1. The van der Waals surface area contributed by atoms with Crippen molar-refractivity contribution in [1.82, 2.24) is 9.80 Å². The first-order valence-electron chi connectivity index (χ1n) is 12.3. The van der Waals surface area contributed by atoms with Crippen LogP contribution in [-0.2, 0) is 23.4 Å². The standard InChI is InChI=1S/C27H39N3O4/c1-6-30(7-2)26(32)20-11-9-13-29(17-20)16-19-10-8-12-22(14-19)33-18-21-15-23(25(28)31)34-24(21)27(3,4)5/h8,10,12,14-15,20H,6-7,9,11,13,16-18H2,1-5H3,(H2,28,31). The third-order valence-corrected chi connectivity index (χ3v) is 6.36. The fourth-order valence-electron chi connectivity index (χ4n) is 4.64. The van der Waals surface area contributed by atoms with E-state index in [9.17, 15) is 9.59 Å². The Balaban J connectivity index is 1.65. The van der Waals surface area contributed by atoms with E-state index in [0.717, 1.165) is 62.4 Å². The summed E-state index contributed by atoms with van der Waals surface area (Å²) in [5.41, 5.74) is 7.11. The van der Waals surface area contributed by atoms with Gasteiger partial charge in [0, 0.05) is 37.2 Å². The fraction of sp³-hybridized carbons (Fsp3) is 0.556. The molecule has 1 aliphatic heterocycles. The van der Waals surface area contributed by atoms with Crippen molar-refractivity contribution in [2.75, 3.05) is 26.2 Å². The lowest BCUT2D eigenvalue weighted by atomic mass is 9.91. The Labute approximate surface area is 203 Å². The van der Waals surface area contributed by atoms with Gasteiger partial charge in [0.2, 0.25) is 5.91 Å². The molecule has 1 aromatic heterocycles. The van der Waals surface area contributed by atoms with Crippen LogP contribution in [0.25, 0.3) is 0 Å². The number of hydrogen-bond acceptors (Lipinski definition) is 5. The molecule has 1 aliphatic rings. The Morgan fingerprint density at radius 2 is 1.94 bits per heavy atom. The van der Waals surface area contributed by atoms with Gasteiger partial charge in [0.25, 0.3) is 5.91 Å². The molecule has 34 heavy (non-hydrogen) atoms. The highest BCUT2D eigenvalue weighted by atomic mass is 16.5. The molecule has 1 atom stereocenters. The van der Waals surface area contributed by atoms with E-state index in [1.54, 1.807) is 6.07 Å². The SMILES string of the molecule is CCN(CC)C(=O)C1CCCN(Cc2cccc(OCc3cc(C(N)=O)oc3C(C)(C)C)c2)C1. The van der Waals surface area contributed by atoms with Crippen LogP contribution in [-0.4, -0.2) is 47.8 Å².